The van der Waals surface area contributed by atoms with Crippen LogP contribution >= 0.6 is 24.0 Å². The van der Waals surface area contributed by atoms with Crippen LogP contribution in [0.25, 0.3) is 0 Å². The summed E-state index contributed by atoms with van der Waals surface area (Å²) >= 11 is 0. The fraction of sp³-hybridized carbons (Fsp3) is 0.632. The second-order valence-corrected chi connectivity index (χ2v) is 5.90. The third-order valence-electron chi connectivity index (χ3n) is 3.87. The number of aliphatic imine (C=N–C) groups is 1. The van der Waals surface area contributed by atoms with E-state index < -0.39 is 0 Å². The molecule has 0 aliphatic heterocycles. The fourth-order valence-electron chi connectivity index (χ4n) is 2.23. The highest BCUT2D eigenvalue weighted by Crippen LogP contribution is 2.13. The first-order chi connectivity index (χ1) is 12.2. The minimum atomic E-state index is 0. The van der Waals surface area contributed by atoms with Crippen molar-refractivity contribution in [2.75, 3.05) is 58.5 Å². The number of para-hydroxylation sites is 1. The first kappa shape index (κ1) is 24.9. The minimum Gasteiger partial charge on any atom is -0.382 e. The summed E-state index contributed by atoms with van der Waals surface area (Å²) in [6, 6.07) is 10.7. The molecule has 1 atom stereocenters. The molecule has 0 saturated carbocycles. The Morgan fingerprint density at radius 2 is 1.88 bits per heavy atom. The Bertz CT molecular complexity index is 474. The van der Waals surface area contributed by atoms with Gasteiger partial charge in [0.05, 0.1) is 19.8 Å². The zero-order valence-corrected chi connectivity index (χ0v) is 18.9. The maximum absolute atomic E-state index is 5.46. The van der Waals surface area contributed by atoms with Gasteiger partial charge in [-0.25, -0.2) is 0 Å². The molecule has 1 unspecified atom stereocenters. The summed E-state index contributed by atoms with van der Waals surface area (Å²) in [5.74, 6) is 0.854. The molecule has 0 aliphatic rings. The van der Waals surface area contributed by atoms with Gasteiger partial charge in [0.15, 0.2) is 5.96 Å². The second kappa shape index (κ2) is 16.1. The normalized spacial score (nSPS) is 12.2. The molecule has 0 aromatic heterocycles. The minimum absolute atomic E-state index is 0. The number of guanidine groups is 1. The van der Waals surface area contributed by atoms with Crippen LogP contribution in [0.1, 0.15) is 20.3 Å². The predicted octanol–water partition coefficient (Wildman–Crippen LogP) is 2.74. The Labute approximate surface area is 175 Å². The Morgan fingerprint density at radius 3 is 2.54 bits per heavy atom. The van der Waals surface area contributed by atoms with Crippen LogP contribution in [0, 0.1) is 0 Å². The van der Waals surface area contributed by atoms with E-state index in [4.69, 9.17) is 14.5 Å². The summed E-state index contributed by atoms with van der Waals surface area (Å²) < 4.78 is 10.4. The van der Waals surface area contributed by atoms with Crippen molar-refractivity contribution < 1.29 is 9.47 Å². The van der Waals surface area contributed by atoms with Crippen molar-refractivity contribution in [1.82, 2.24) is 10.6 Å². The highest BCUT2D eigenvalue weighted by molar-refractivity contribution is 14.0. The van der Waals surface area contributed by atoms with Crippen molar-refractivity contribution >= 4 is 35.6 Å². The molecule has 0 fully saturated rings. The van der Waals surface area contributed by atoms with Crippen LogP contribution in [0.5, 0.6) is 0 Å². The van der Waals surface area contributed by atoms with Gasteiger partial charge in [0.2, 0.25) is 0 Å². The maximum atomic E-state index is 5.46. The molecule has 0 amide bonds. The molecule has 0 heterocycles. The second-order valence-electron chi connectivity index (χ2n) is 5.90. The molecule has 1 rings (SSSR count). The fourth-order valence-corrected chi connectivity index (χ4v) is 2.23. The van der Waals surface area contributed by atoms with Crippen molar-refractivity contribution in [3.8, 4) is 0 Å². The lowest BCUT2D eigenvalue weighted by atomic mass is 10.2. The van der Waals surface area contributed by atoms with E-state index in [1.807, 2.05) is 6.07 Å². The van der Waals surface area contributed by atoms with Gasteiger partial charge in [0.25, 0.3) is 0 Å². The van der Waals surface area contributed by atoms with Crippen LogP contribution in [-0.2, 0) is 9.47 Å². The van der Waals surface area contributed by atoms with Gasteiger partial charge in [-0.3, -0.25) is 4.99 Å². The van der Waals surface area contributed by atoms with E-state index in [2.05, 4.69) is 60.7 Å². The van der Waals surface area contributed by atoms with Crippen molar-refractivity contribution in [2.24, 2.45) is 4.99 Å². The predicted molar refractivity (Wildman–Crippen MR) is 121 cm³/mol. The number of ether oxygens (including phenoxy) is 2. The number of anilines is 1. The monoisotopic (exact) mass is 478 g/mol. The van der Waals surface area contributed by atoms with Gasteiger partial charge in [-0.1, -0.05) is 18.2 Å². The number of halogens is 1. The summed E-state index contributed by atoms with van der Waals surface area (Å²) in [6.45, 7) is 8.68. The molecule has 0 saturated heterocycles. The zero-order valence-electron chi connectivity index (χ0n) is 16.5. The van der Waals surface area contributed by atoms with Crippen molar-refractivity contribution in [3.63, 3.8) is 0 Å². The average molecular weight is 478 g/mol. The molecule has 0 spiro atoms. The van der Waals surface area contributed by atoms with Gasteiger partial charge in [-0.2, -0.15) is 0 Å². The van der Waals surface area contributed by atoms with Gasteiger partial charge < -0.3 is 25.0 Å². The number of nitrogens with zero attached hydrogens (tertiary/aromatic N) is 2. The van der Waals surface area contributed by atoms with E-state index in [0.29, 0.717) is 19.3 Å². The van der Waals surface area contributed by atoms with Crippen LogP contribution < -0.4 is 15.5 Å². The van der Waals surface area contributed by atoms with E-state index in [1.165, 1.54) is 5.69 Å². The molecule has 1 aromatic carbocycles. The zero-order chi connectivity index (χ0) is 18.3. The number of hydrogen-bond donors (Lipinski definition) is 2. The molecule has 0 bridgehead atoms. The van der Waals surface area contributed by atoms with Crippen LogP contribution in [0.3, 0.4) is 0 Å². The highest BCUT2D eigenvalue weighted by Gasteiger charge is 2.09. The summed E-state index contributed by atoms with van der Waals surface area (Å²) in [4.78, 5) is 6.95. The van der Waals surface area contributed by atoms with E-state index >= 15 is 0 Å². The first-order valence-corrected chi connectivity index (χ1v) is 9.05. The van der Waals surface area contributed by atoms with E-state index in [0.717, 1.165) is 38.6 Å². The van der Waals surface area contributed by atoms with E-state index in [1.54, 1.807) is 7.11 Å². The molecule has 0 radical (unpaired) electrons. The molecular formula is C19H35IN4O2. The largest absolute Gasteiger partial charge is 0.382 e. The van der Waals surface area contributed by atoms with Crippen LogP contribution in [0.15, 0.2) is 35.3 Å². The third kappa shape index (κ3) is 10.8. The number of likely N-dealkylation sites (N-methyl/N-ethyl adjacent to an activating group) is 1. The lowest BCUT2D eigenvalue weighted by Crippen LogP contribution is -2.40. The van der Waals surface area contributed by atoms with Crippen molar-refractivity contribution in [1.29, 1.82) is 0 Å². The summed E-state index contributed by atoms with van der Waals surface area (Å²) in [7, 11) is 3.79. The van der Waals surface area contributed by atoms with E-state index in [-0.39, 0.29) is 24.0 Å². The van der Waals surface area contributed by atoms with Crippen LogP contribution in [0.4, 0.5) is 5.69 Å². The molecule has 6 nitrogen and oxygen atoms in total. The number of hydrogen-bond acceptors (Lipinski definition) is 4. The summed E-state index contributed by atoms with van der Waals surface area (Å²) in [6.07, 6.45) is 0.938. The van der Waals surface area contributed by atoms with Gasteiger partial charge in [0.1, 0.15) is 0 Å². The third-order valence-corrected chi connectivity index (χ3v) is 3.87. The standard InChI is InChI=1S/C19H34N4O2.HI/c1-5-20-19(21-12-9-13-25-15-14-24-4)22-16-17(2)23(3)18-10-7-6-8-11-18;/h6-8,10-11,17H,5,9,12-16H2,1-4H3,(H2,20,21,22);1H. The van der Waals surface area contributed by atoms with E-state index in [9.17, 15) is 0 Å². The van der Waals surface area contributed by atoms with Crippen molar-refractivity contribution in [2.45, 2.75) is 26.3 Å². The van der Waals surface area contributed by atoms with Crippen LogP contribution in [0.2, 0.25) is 0 Å². The van der Waals surface area contributed by atoms with Crippen molar-refractivity contribution in [3.05, 3.63) is 30.3 Å². The number of nitrogens with one attached hydrogen (secondary N) is 2. The SMILES string of the molecule is CCNC(=NCC(C)N(C)c1ccccc1)NCCCOCCOC.I. The van der Waals surface area contributed by atoms with Gasteiger partial charge >= 0.3 is 0 Å². The van der Waals surface area contributed by atoms with Gasteiger partial charge in [-0.15, -0.1) is 24.0 Å². The Morgan fingerprint density at radius 1 is 1.15 bits per heavy atom. The topological polar surface area (TPSA) is 58.1 Å². The van der Waals surface area contributed by atoms with Crippen LogP contribution in [-0.4, -0.2) is 65.6 Å². The lowest BCUT2D eigenvalue weighted by molar-refractivity contribution is 0.0698. The Balaban J connectivity index is 0.00000625. The number of methoxy groups -OCH3 is 1. The smallest absolute Gasteiger partial charge is 0.191 e. The van der Waals surface area contributed by atoms with Gasteiger partial charge in [0, 0.05) is 45.6 Å². The average Bonchev–Trinajstić information content (AvgIpc) is 2.65. The molecule has 7 heteroatoms. The quantitative estimate of drug-likeness (QED) is 0.210. The molecule has 150 valence electrons. The Kier molecular flexibility index (Phi) is 15.5. The number of rotatable bonds is 12. The first-order valence-electron chi connectivity index (χ1n) is 9.05. The summed E-state index contributed by atoms with van der Waals surface area (Å²) in [5, 5.41) is 6.64. The van der Waals surface area contributed by atoms with Gasteiger partial charge in [-0.05, 0) is 32.4 Å². The highest BCUT2D eigenvalue weighted by atomic mass is 127. The number of benzene rings is 1. The summed E-state index contributed by atoms with van der Waals surface area (Å²) in [5.41, 5.74) is 1.20. The molecule has 26 heavy (non-hydrogen) atoms. The molecular weight excluding hydrogens is 443 g/mol. The molecule has 2 N–H and O–H groups in total. The lowest BCUT2D eigenvalue weighted by Gasteiger charge is -2.26. The maximum Gasteiger partial charge on any atom is 0.191 e. The molecule has 0 aliphatic carbocycles. The molecule has 1 aromatic rings. The Hall–Kier alpha value is -1.06.